The van der Waals surface area contributed by atoms with Crippen molar-refractivity contribution in [2.24, 2.45) is 0 Å². The van der Waals surface area contributed by atoms with Crippen molar-refractivity contribution in [3.8, 4) is 0 Å². The first-order valence-electron chi connectivity index (χ1n) is 8.11. The lowest BCUT2D eigenvalue weighted by molar-refractivity contribution is 0.0551. The zero-order chi connectivity index (χ0) is 16.7. The Morgan fingerprint density at radius 2 is 1.54 bits per heavy atom. The average Bonchev–Trinajstić information content (AvgIpc) is 3.11. The average molecular weight is 322 g/mol. The van der Waals surface area contributed by atoms with E-state index in [2.05, 4.69) is 11.0 Å². The summed E-state index contributed by atoms with van der Waals surface area (Å²) in [6.45, 7) is 1.27. The van der Waals surface area contributed by atoms with Gasteiger partial charge in [-0.25, -0.2) is 0 Å². The maximum Gasteiger partial charge on any atom is 0.261 e. The second kappa shape index (κ2) is 5.76. The molecule has 2 amide bonds. The number of rotatable bonds is 4. The number of benzene rings is 2. The van der Waals surface area contributed by atoms with E-state index in [1.54, 1.807) is 24.3 Å². The molecule has 2 aromatic carbocycles. The molecule has 1 unspecified atom stereocenters. The van der Waals surface area contributed by atoms with Gasteiger partial charge >= 0.3 is 0 Å². The molecule has 0 aromatic heterocycles. The molecule has 2 aliphatic heterocycles. The standard InChI is InChI=1S/C19H18N2O3/c22-14(11-20-10-9-13-5-1-4-8-17(13)20)12-21-18(23)15-6-2-3-7-16(15)19(21)24/h1-8,14,22H,9-12H2. The van der Waals surface area contributed by atoms with Crippen LogP contribution in [0.2, 0.25) is 0 Å². The third kappa shape index (κ3) is 2.37. The van der Waals surface area contributed by atoms with E-state index >= 15 is 0 Å². The van der Waals surface area contributed by atoms with Gasteiger partial charge in [0.15, 0.2) is 0 Å². The number of amides is 2. The third-order valence-corrected chi connectivity index (χ3v) is 4.69. The number of aliphatic hydroxyl groups excluding tert-OH is 1. The topological polar surface area (TPSA) is 60.9 Å². The van der Waals surface area contributed by atoms with Gasteiger partial charge in [-0.3, -0.25) is 14.5 Å². The molecule has 4 rings (SSSR count). The maximum atomic E-state index is 12.4. The lowest BCUT2D eigenvalue weighted by Crippen LogP contribution is -2.42. The molecular formula is C19H18N2O3. The van der Waals surface area contributed by atoms with Crippen LogP contribution >= 0.6 is 0 Å². The van der Waals surface area contributed by atoms with E-state index in [1.165, 1.54) is 5.56 Å². The Balaban J connectivity index is 1.45. The van der Waals surface area contributed by atoms with Crippen LogP contribution in [-0.4, -0.2) is 47.6 Å². The zero-order valence-corrected chi connectivity index (χ0v) is 13.2. The summed E-state index contributed by atoms with van der Waals surface area (Å²) >= 11 is 0. The number of hydrogen-bond donors (Lipinski definition) is 1. The minimum absolute atomic E-state index is 0.0189. The number of anilines is 1. The summed E-state index contributed by atoms with van der Waals surface area (Å²) in [7, 11) is 0. The quantitative estimate of drug-likeness (QED) is 0.871. The molecule has 1 N–H and O–H groups in total. The Morgan fingerprint density at radius 1 is 0.917 bits per heavy atom. The molecule has 2 aromatic rings. The lowest BCUT2D eigenvalue weighted by atomic mass is 10.1. The number of imide groups is 1. The Hall–Kier alpha value is -2.66. The SMILES string of the molecule is O=C1c2ccccc2C(=O)N1CC(O)CN1CCc2ccccc21. The van der Waals surface area contributed by atoms with Crippen molar-refractivity contribution in [3.63, 3.8) is 0 Å². The van der Waals surface area contributed by atoms with E-state index in [0.29, 0.717) is 17.7 Å². The van der Waals surface area contributed by atoms with Crippen LogP contribution in [-0.2, 0) is 6.42 Å². The van der Waals surface area contributed by atoms with Crippen molar-refractivity contribution in [1.29, 1.82) is 0 Å². The summed E-state index contributed by atoms with van der Waals surface area (Å²) in [6.07, 6.45) is 0.175. The molecule has 0 radical (unpaired) electrons. The Kier molecular flexibility index (Phi) is 3.58. The van der Waals surface area contributed by atoms with Crippen LogP contribution in [0.15, 0.2) is 48.5 Å². The molecule has 0 saturated heterocycles. The summed E-state index contributed by atoms with van der Waals surface area (Å²) < 4.78 is 0. The maximum absolute atomic E-state index is 12.4. The lowest BCUT2D eigenvalue weighted by Gasteiger charge is -2.25. The number of aliphatic hydroxyl groups is 1. The van der Waals surface area contributed by atoms with Gasteiger partial charge in [-0.2, -0.15) is 0 Å². The van der Waals surface area contributed by atoms with Crippen molar-refractivity contribution in [2.75, 3.05) is 24.5 Å². The fourth-order valence-corrected chi connectivity index (χ4v) is 3.52. The van der Waals surface area contributed by atoms with Crippen molar-refractivity contribution in [1.82, 2.24) is 4.90 Å². The highest BCUT2D eigenvalue weighted by molar-refractivity contribution is 6.21. The van der Waals surface area contributed by atoms with Crippen molar-refractivity contribution < 1.29 is 14.7 Å². The van der Waals surface area contributed by atoms with Gasteiger partial charge in [-0.05, 0) is 30.2 Å². The van der Waals surface area contributed by atoms with Crippen LogP contribution in [0.1, 0.15) is 26.3 Å². The summed E-state index contributed by atoms with van der Waals surface area (Å²) in [6, 6.07) is 14.9. The smallest absolute Gasteiger partial charge is 0.261 e. The molecule has 122 valence electrons. The molecule has 0 saturated carbocycles. The van der Waals surface area contributed by atoms with Gasteiger partial charge in [0.1, 0.15) is 0 Å². The molecule has 24 heavy (non-hydrogen) atoms. The normalized spacial score (nSPS) is 17.2. The number of para-hydroxylation sites is 1. The number of hydrogen-bond acceptors (Lipinski definition) is 4. The predicted molar refractivity (Wildman–Crippen MR) is 90.2 cm³/mol. The first-order chi connectivity index (χ1) is 11.6. The van der Waals surface area contributed by atoms with Gasteiger partial charge in [0.2, 0.25) is 0 Å². The van der Waals surface area contributed by atoms with Gasteiger partial charge < -0.3 is 10.0 Å². The van der Waals surface area contributed by atoms with E-state index in [4.69, 9.17) is 0 Å². The second-order valence-electron chi connectivity index (χ2n) is 6.25. The first-order valence-corrected chi connectivity index (χ1v) is 8.11. The molecule has 1 atom stereocenters. The molecule has 5 heteroatoms. The molecule has 5 nitrogen and oxygen atoms in total. The minimum atomic E-state index is -0.779. The van der Waals surface area contributed by atoms with Crippen molar-refractivity contribution in [2.45, 2.75) is 12.5 Å². The predicted octanol–water partition coefficient (Wildman–Crippen LogP) is 1.71. The third-order valence-electron chi connectivity index (χ3n) is 4.69. The van der Waals surface area contributed by atoms with Gasteiger partial charge in [-0.1, -0.05) is 30.3 Å². The van der Waals surface area contributed by atoms with Crippen molar-refractivity contribution >= 4 is 17.5 Å². The first kappa shape index (κ1) is 14.9. The monoisotopic (exact) mass is 322 g/mol. The number of nitrogens with zero attached hydrogens (tertiary/aromatic N) is 2. The molecule has 2 heterocycles. The molecule has 0 spiro atoms. The largest absolute Gasteiger partial charge is 0.389 e. The number of β-amino-alcohol motifs (C(OH)–C–C–N with tert-alkyl or cyclic N) is 1. The Morgan fingerprint density at radius 3 is 2.25 bits per heavy atom. The zero-order valence-electron chi connectivity index (χ0n) is 13.2. The van der Waals surface area contributed by atoms with E-state index in [9.17, 15) is 14.7 Å². The van der Waals surface area contributed by atoms with Gasteiger partial charge in [0, 0.05) is 18.8 Å². The van der Waals surface area contributed by atoms with Gasteiger partial charge in [0.05, 0.1) is 23.8 Å². The van der Waals surface area contributed by atoms with E-state index < -0.39 is 6.10 Å². The summed E-state index contributed by atoms with van der Waals surface area (Å²) in [5.41, 5.74) is 3.23. The summed E-state index contributed by atoms with van der Waals surface area (Å²) in [5.74, 6) is -0.645. The second-order valence-corrected chi connectivity index (χ2v) is 6.25. The molecule has 0 fully saturated rings. The van der Waals surface area contributed by atoms with Gasteiger partial charge in [0.25, 0.3) is 11.8 Å². The van der Waals surface area contributed by atoms with Crippen molar-refractivity contribution in [3.05, 3.63) is 65.2 Å². The highest BCUT2D eigenvalue weighted by Gasteiger charge is 2.36. The van der Waals surface area contributed by atoms with Crippen LogP contribution in [0, 0.1) is 0 Å². The number of fused-ring (bicyclic) bond motifs is 2. The fraction of sp³-hybridized carbons (Fsp3) is 0.263. The van der Waals surface area contributed by atoms with E-state index in [-0.39, 0.29) is 18.4 Å². The number of carbonyl (C=O) groups excluding carboxylic acids is 2. The number of carbonyl (C=O) groups is 2. The van der Waals surface area contributed by atoms with E-state index in [1.807, 2.05) is 18.2 Å². The molecule has 0 bridgehead atoms. The molecular weight excluding hydrogens is 304 g/mol. The van der Waals surface area contributed by atoms with Gasteiger partial charge in [-0.15, -0.1) is 0 Å². The Bertz CT molecular complexity index is 783. The van der Waals surface area contributed by atoms with Crippen LogP contribution in [0.3, 0.4) is 0 Å². The summed E-state index contributed by atoms with van der Waals surface area (Å²) in [5, 5.41) is 10.4. The summed E-state index contributed by atoms with van der Waals surface area (Å²) in [4.78, 5) is 28.0. The van der Waals surface area contributed by atoms with E-state index in [0.717, 1.165) is 23.6 Å². The Labute approximate surface area is 140 Å². The van der Waals surface area contributed by atoms with Crippen LogP contribution in [0.25, 0.3) is 0 Å². The fourth-order valence-electron chi connectivity index (χ4n) is 3.52. The molecule has 2 aliphatic rings. The van der Waals surface area contributed by atoms with Crippen LogP contribution in [0.4, 0.5) is 5.69 Å². The van der Waals surface area contributed by atoms with Crippen LogP contribution < -0.4 is 4.90 Å². The highest BCUT2D eigenvalue weighted by atomic mass is 16.3. The minimum Gasteiger partial charge on any atom is -0.389 e. The molecule has 0 aliphatic carbocycles. The van der Waals surface area contributed by atoms with Crippen LogP contribution in [0.5, 0.6) is 0 Å². The highest BCUT2D eigenvalue weighted by Crippen LogP contribution is 2.28.